The number of aromatic nitrogens is 1. The van der Waals surface area contributed by atoms with Crippen LogP contribution >= 0.6 is 0 Å². The average Bonchev–Trinajstić information content (AvgIpc) is 2.64. The monoisotopic (exact) mass is 369 g/mol. The zero-order valence-electron chi connectivity index (χ0n) is 15.4. The van der Waals surface area contributed by atoms with Crippen molar-refractivity contribution in [2.75, 3.05) is 5.73 Å². The van der Waals surface area contributed by atoms with Gasteiger partial charge in [0.25, 0.3) is 5.91 Å². The third-order valence-electron chi connectivity index (χ3n) is 4.59. The number of nitrogens with one attached hydrogen (secondary N) is 1. The summed E-state index contributed by atoms with van der Waals surface area (Å²) >= 11 is 0. The van der Waals surface area contributed by atoms with Crippen molar-refractivity contribution >= 4 is 22.5 Å². The number of carbonyl (C=O) groups is 1. The summed E-state index contributed by atoms with van der Waals surface area (Å²) in [5.41, 5.74) is 7.41. The van der Waals surface area contributed by atoms with Crippen molar-refractivity contribution < 1.29 is 13.6 Å². The van der Waals surface area contributed by atoms with E-state index < -0.39 is 23.4 Å². The first kappa shape index (κ1) is 18.8. The van der Waals surface area contributed by atoms with Gasteiger partial charge in [-0.05, 0) is 48.2 Å². The molecule has 2 aromatic carbocycles. The molecule has 0 aliphatic rings. The van der Waals surface area contributed by atoms with E-state index in [0.717, 1.165) is 23.0 Å². The van der Waals surface area contributed by atoms with Crippen LogP contribution in [0.3, 0.4) is 0 Å². The van der Waals surface area contributed by atoms with E-state index in [1.54, 1.807) is 13.0 Å². The molecule has 1 heterocycles. The number of amides is 1. The van der Waals surface area contributed by atoms with Crippen LogP contribution in [0.4, 0.5) is 14.5 Å². The van der Waals surface area contributed by atoms with Gasteiger partial charge in [-0.2, -0.15) is 0 Å². The molecule has 3 rings (SSSR count). The lowest BCUT2D eigenvalue weighted by Gasteiger charge is -2.15. The van der Waals surface area contributed by atoms with E-state index in [4.69, 9.17) is 5.73 Å². The van der Waals surface area contributed by atoms with Gasteiger partial charge in [0, 0.05) is 11.6 Å². The number of hydrogen-bond donors (Lipinski definition) is 2. The summed E-state index contributed by atoms with van der Waals surface area (Å²) in [6.45, 7) is 5.85. The van der Waals surface area contributed by atoms with Gasteiger partial charge in [-0.25, -0.2) is 8.78 Å². The third-order valence-corrected chi connectivity index (χ3v) is 4.59. The summed E-state index contributed by atoms with van der Waals surface area (Å²) in [6.07, 6.45) is 1.50. The lowest BCUT2D eigenvalue weighted by molar-refractivity contribution is 0.0939. The van der Waals surface area contributed by atoms with Gasteiger partial charge in [-0.1, -0.05) is 26.0 Å². The zero-order chi connectivity index (χ0) is 19.7. The molecule has 0 aliphatic carbocycles. The van der Waals surface area contributed by atoms with E-state index in [0.29, 0.717) is 17.0 Å². The van der Waals surface area contributed by atoms with E-state index >= 15 is 0 Å². The Kier molecular flexibility index (Phi) is 5.08. The second kappa shape index (κ2) is 7.31. The summed E-state index contributed by atoms with van der Waals surface area (Å²) in [5.74, 6) is -1.68. The van der Waals surface area contributed by atoms with Gasteiger partial charge < -0.3 is 11.1 Å². The molecule has 4 nitrogen and oxygen atoms in total. The van der Waals surface area contributed by atoms with Crippen LogP contribution in [-0.4, -0.2) is 10.9 Å². The maximum Gasteiger partial charge on any atom is 0.253 e. The van der Waals surface area contributed by atoms with Gasteiger partial charge in [-0.15, -0.1) is 0 Å². The Labute approximate surface area is 156 Å². The molecule has 0 bridgehead atoms. The number of pyridine rings is 1. The minimum absolute atomic E-state index is 0.294. The smallest absolute Gasteiger partial charge is 0.253 e. The Morgan fingerprint density at radius 1 is 1.04 bits per heavy atom. The molecule has 1 aromatic heterocycles. The van der Waals surface area contributed by atoms with Crippen LogP contribution in [0.1, 0.15) is 54.2 Å². The molecule has 140 valence electrons. The molecule has 0 aliphatic heterocycles. The number of rotatable bonds is 4. The summed E-state index contributed by atoms with van der Waals surface area (Å²) in [7, 11) is 0. The number of anilines is 1. The number of fused-ring (bicyclic) bond motifs is 1. The fraction of sp³-hybridized carbons (Fsp3) is 0.238. The number of hydrogen-bond acceptors (Lipinski definition) is 3. The second-order valence-corrected chi connectivity index (χ2v) is 6.92. The molecule has 27 heavy (non-hydrogen) atoms. The molecule has 0 saturated heterocycles. The molecule has 1 amide bonds. The molecular formula is C21H21F2N3O. The minimum Gasteiger partial charge on any atom is -0.394 e. The van der Waals surface area contributed by atoms with Crippen LogP contribution in [0, 0.1) is 11.6 Å². The predicted octanol–water partition coefficient (Wildman–Crippen LogP) is 4.71. The van der Waals surface area contributed by atoms with Crippen molar-refractivity contribution in [2.24, 2.45) is 0 Å². The number of benzene rings is 2. The van der Waals surface area contributed by atoms with Gasteiger partial charge in [0.05, 0.1) is 17.1 Å². The number of nitrogens with two attached hydrogens (primary N) is 1. The van der Waals surface area contributed by atoms with Gasteiger partial charge >= 0.3 is 0 Å². The van der Waals surface area contributed by atoms with Crippen LogP contribution in [0.2, 0.25) is 0 Å². The summed E-state index contributed by atoms with van der Waals surface area (Å²) in [6, 6.07) is 9.34. The van der Waals surface area contributed by atoms with Gasteiger partial charge in [0.2, 0.25) is 0 Å². The standard InChI is InChI=1S/C21H21F2N3O/c1-11(2)13-4-5-14-6-16(10-25-19(14)9-13)21(27)26-12(3)15-7-17(22)20(24)18(23)8-15/h4-12H,24H2,1-3H3,(H,26,27). The first-order chi connectivity index (χ1) is 12.8. The Bertz CT molecular complexity index is 994. The molecule has 1 unspecified atom stereocenters. The molecule has 6 heteroatoms. The Hall–Kier alpha value is -3.02. The van der Waals surface area contributed by atoms with Crippen molar-refractivity contribution in [1.29, 1.82) is 0 Å². The highest BCUT2D eigenvalue weighted by atomic mass is 19.1. The molecule has 1 atom stereocenters. The van der Waals surface area contributed by atoms with Crippen LogP contribution in [0.15, 0.2) is 42.6 Å². The first-order valence-corrected chi connectivity index (χ1v) is 8.71. The molecule has 0 saturated carbocycles. The van der Waals surface area contributed by atoms with Gasteiger partial charge in [0.15, 0.2) is 0 Å². The van der Waals surface area contributed by atoms with Crippen LogP contribution < -0.4 is 11.1 Å². The Balaban J connectivity index is 1.82. The fourth-order valence-corrected chi connectivity index (χ4v) is 2.84. The summed E-state index contributed by atoms with van der Waals surface area (Å²) in [4.78, 5) is 16.9. The average molecular weight is 369 g/mol. The number of nitrogens with zero attached hydrogens (tertiary/aromatic N) is 1. The van der Waals surface area contributed by atoms with Crippen molar-refractivity contribution in [3.05, 3.63) is 70.9 Å². The Morgan fingerprint density at radius 3 is 2.33 bits per heavy atom. The maximum absolute atomic E-state index is 13.6. The molecule has 0 spiro atoms. The van der Waals surface area contributed by atoms with Gasteiger partial charge in [-0.3, -0.25) is 9.78 Å². The zero-order valence-corrected chi connectivity index (χ0v) is 15.4. The van der Waals surface area contributed by atoms with Crippen LogP contribution in [-0.2, 0) is 0 Å². The number of halogens is 2. The topological polar surface area (TPSA) is 68.0 Å². The predicted molar refractivity (Wildman–Crippen MR) is 102 cm³/mol. The lowest BCUT2D eigenvalue weighted by atomic mass is 10.0. The molecule has 0 fully saturated rings. The SMILES string of the molecule is CC(C)c1ccc2cc(C(=O)NC(C)c3cc(F)c(N)c(F)c3)cnc2c1. The highest BCUT2D eigenvalue weighted by Gasteiger charge is 2.16. The Morgan fingerprint density at radius 2 is 1.70 bits per heavy atom. The minimum atomic E-state index is -0.848. The third kappa shape index (κ3) is 3.89. The lowest BCUT2D eigenvalue weighted by Crippen LogP contribution is -2.27. The molecule has 3 N–H and O–H groups in total. The summed E-state index contributed by atoms with van der Waals surface area (Å²) < 4.78 is 27.3. The molecular weight excluding hydrogens is 348 g/mol. The normalized spacial score (nSPS) is 12.4. The highest BCUT2D eigenvalue weighted by molar-refractivity contribution is 5.97. The van der Waals surface area contributed by atoms with E-state index in [1.165, 1.54) is 11.8 Å². The largest absolute Gasteiger partial charge is 0.394 e. The number of nitrogen functional groups attached to an aromatic ring is 1. The summed E-state index contributed by atoms with van der Waals surface area (Å²) in [5, 5.41) is 3.58. The fourth-order valence-electron chi connectivity index (χ4n) is 2.84. The number of carbonyl (C=O) groups excluding carboxylic acids is 1. The van der Waals surface area contributed by atoms with Crippen molar-refractivity contribution in [3.8, 4) is 0 Å². The van der Waals surface area contributed by atoms with Crippen molar-refractivity contribution in [2.45, 2.75) is 32.7 Å². The van der Waals surface area contributed by atoms with Crippen LogP contribution in [0.5, 0.6) is 0 Å². The first-order valence-electron chi connectivity index (χ1n) is 8.71. The van der Waals surface area contributed by atoms with Gasteiger partial charge in [0.1, 0.15) is 17.3 Å². The van der Waals surface area contributed by atoms with E-state index in [9.17, 15) is 13.6 Å². The van der Waals surface area contributed by atoms with Crippen LogP contribution in [0.25, 0.3) is 10.9 Å². The highest BCUT2D eigenvalue weighted by Crippen LogP contribution is 2.23. The van der Waals surface area contributed by atoms with E-state index in [1.807, 2.05) is 18.2 Å². The maximum atomic E-state index is 13.6. The quantitative estimate of drug-likeness (QED) is 0.655. The van der Waals surface area contributed by atoms with E-state index in [-0.39, 0.29) is 5.91 Å². The second-order valence-electron chi connectivity index (χ2n) is 6.92. The van der Waals surface area contributed by atoms with Crippen molar-refractivity contribution in [3.63, 3.8) is 0 Å². The molecule has 3 aromatic rings. The molecule has 0 radical (unpaired) electrons. The van der Waals surface area contributed by atoms with Crippen molar-refractivity contribution in [1.82, 2.24) is 10.3 Å². The van der Waals surface area contributed by atoms with E-state index in [2.05, 4.69) is 24.1 Å².